The molecule has 0 aromatic heterocycles. The lowest BCUT2D eigenvalue weighted by Crippen LogP contribution is -2.09. The summed E-state index contributed by atoms with van der Waals surface area (Å²) in [6, 6.07) is 3.93. The second kappa shape index (κ2) is 7.86. The van der Waals surface area contributed by atoms with Crippen molar-refractivity contribution in [3.05, 3.63) is 35.1 Å². The van der Waals surface area contributed by atoms with Crippen LogP contribution in [0, 0.1) is 11.7 Å². The Bertz CT molecular complexity index is 418. The predicted octanol–water partition coefficient (Wildman–Crippen LogP) is 2.71. The molecule has 0 aliphatic heterocycles. The first-order valence-corrected chi connectivity index (χ1v) is 6.18. The van der Waals surface area contributed by atoms with Crippen molar-refractivity contribution in [2.24, 2.45) is 5.92 Å². The van der Waals surface area contributed by atoms with Crippen LogP contribution in [0.4, 0.5) is 4.39 Å². The summed E-state index contributed by atoms with van der Waals surface area (Å²) < 4.78 is 23.8. The number of hydrogen-bond acceptors (Lipinski definition) is 3. The van der Waals surface area contributed by atoms with Crippen LogP contribution in [0.3, 0.4) is 0 Å². The van der Waals surface area contributed by atoms with Crippen LogP contribution < -0.4 is 0 Å². The summed E-state index contributed by atoms with van der Waals surface area (Å²) in [7, 11) is 0. The Morgan fingerprint density at radius 1 is 1.32 bits per heavy atom. The van der Waals surface area contributed by atoms with Crippen molar-refractivity contribution in [3.63, 3.8) is 0 Å². The molecule has 1 aromatic rings. The average molecular weight is 270 g/mol. The van der Waals surface area contributed by atoms with Crippen molar-refractivity contribution in [1.29, 1.82) is 0 Å². The molecule has 1 aromatic carbocycles. The fourth-order valence-electron chi connectivity index (χ4n) is 1.45. The topological polar surface area (TPSA) is 55.8 Å². The number of aromatic carboxylic acids is 1. The minimum Gasteiger partial charge on any atom is -0.478 e. The van der Waals surface area contributed by atoms with Gasteiger partial charge in [0.15, 0.2) is 0 Å². The fourth-order valence-corrected chi connectivity index (χ4v) is 1.45. The number of hydrogen-bond donors (Lipinski definition) is 1. The zero-order valence-electron chi connectivity index (χ0n) is 11.2. The summed E-state index contributed by atoms with van der Waals surface area (Å²) in [6.45, 7) is 5.96. The molecule has 0 saturated heterocycles. The highest BCUT2D eigenvalue weighted by Gasteiger charge is 2.10. The van der Waals surface area contributed by atoms with Crippen molar-refractivity contribution in [2.45, 2.75) is 20.5 Å². The molecule has 4 nitrogen and oxygen atoms in total. The van der Waals surface area contributed by atoms with Crippen LogP contribution >= 0.6 is 0 Å². The Balaban J connectivity index is 2.34. The highest BCUT2D eigenvalue weighted by molar-refractivity contribution is 5.88. The van der Waals surface area contributed by atoms with E-state index in [-0.39, 0.29) is 12.2 Å². The molecule has 1 rings (SSSR count). The monoisotopic (exact) mass is 270 g/mol. The van der Waals surface area contributed by atoms with Gasteiger partial charge in [-0.15, -0.1) is 0 Å². The van der Waals surface area contributed by atoms with Gasteiger partial charge in [-0.2, -0.15) is 0 Å². The van der Waals surface area contributed by atoms with Crippen LogP contribution in [0.2, 0.25) is 0 Å². The van der Waals surface area contributed by atoms with Gasteiger partial charge < -0.3 is 14.6 Å². The Kier molecular flexibility index (Phi) is 6.45. The van der Waals surface area contributed by atoms with E-state index in [0.29, 0.717) is 31.3 Å². The lowest BCUT2D eigenvalue weighted by Gasteiger charge is -2.08. The van der Waals surface area contributed by atoms with Crippen molar-refractivity contribution in [2.75, 3.05) is 19.8 Å². The molecular formula is C14H19FO4. The molecule has 1 N–H and O–H groups in total. The smallest absolute Gasteiger partial charge is 0.338 e. The van der Waals surface area contributed by atoms with Gasteiger partial charge in [0.25, 0.3) is 0 Å². The molecule has 19 heavy (non-hydrogen) atoms. The van der Waals surface area contributed by atoms with Crippen LogP contribution in [-0.2, 0) is 16.1 Å². The zero-order chi connectivity index (χ0) is 14.3. The number of halogens is 1. The van der Waals surface area contributed by atoms with E-state index in [1.54, 1.807) is 0 Å². The first-order chi connectivity index (χ1) is 9.00. The van der Waals surface area contributed by atoms with Gasteiger partial charge >= 0.3 is 5.97 Å². The van der Waals surface area contributed by atoms with Crippen LogP contribution in [-0.4, -0.2) is 30.9 Å². The molecule has 0 radical (unpaired) electrons. The molecular weight excluding hydrogens is 251 g/mol. The van der Waals surface area contributed by atoms with E-state index in [4.69, 9.17) is 14.6 Å². The van der Waals surface area contributed by atoms with Gasteiger partial charge in [0.05, 0.1) is 25.4 Å². The molecule has 0 heterocycles. The average Bonchev–Trinajstić information content (AvgIpc) is 2.34. The number of ether oxygens (including phenoxy) is 2. The molecule has 0 aliphatic carbocycles. The first-order valence-electron chi connectivity index (χ1n) is 6.18. The SMILES string of the molecule is CC(C)COCCOCc1ccc(F)c(C(=O)O)c1. The van der Waals surface area contributed by atoms with Gasteiger partial charge in [-0.1, -0.05) is 19.9 Å². The number of carboxylic acid groups (broad SMARTS) is 1. The number of benzene rings is 1. The zero-order valence-corrected chi connectivity index (χ0v) is 11.2. The van der Waals surface area contributed by atoms with Crippen molar-refractivity contribution >= 4 is 5.97 Å². The molecule has 0 saturated carbocycles. The molecule has 0 amide bonds. The number of rotatable bonds is 8. The van der Waals surface area contributed by atoms with Crippen molar-refractivity contribution in [3.8, 4) is 0 Å². The van der Waals surface area contributed by atoms with E-state index in [9.17, 15) is 9.18 Å². The van der Waals surface area contributed by atoms with Gasteiger partial charge in [0, 0.05) is 6.61 Å². The van der Waals surface area contributed by atoms with E-state index in [2.05, 4.69) is 13.8 Å². The van der Waals surface area contributed by atoms with E-state index >= 15 is 0 Å². The van der Waals surface area contributed by atoms with Gasteiger partial charge in [0.1, 0.15) is 5.82 Å². The van der Waals surface area contributed by atoms with E-state index < -0.39 is 11.8 Å². The lowest BCUT2D eigenvalue weighted by molar-refractivity contribution is 0.0314. The molecule has 0 aliphatic rings. The molecule has 5 heteroatoms. The normalized spacial score (nSPS) is 10.9. The highest BCUT2D eigenvalue weighted by atomic mass is 19.1. The summed E-state index contributed by atoms with van der Waals surface area (Å²) in [6.07, 6.45) is 0. The summed E-state index contributed by atoms with van der Waals surface area (Å²) >= 11 is 0. The van der Waals surface area contributed by atoms with Crippen molar-refractivity contribution in [1.82, 2.24) is 0 Å². The molecule has 106 valence electrons. The summed E-state index contributed by atoms with van der Waals surface area (Å²) in [5.74, 6) is -1.54. The van der Waals surface area contributed by atoms with Gasteiger partial charge in [-0.3, -0.25) is 0 Å². The Labute approximate surface area is 112 Å². The minimum absolute atomic E-state index is 0.242. The van der Waals surface area contributed by atoms with E-state index in [1.807, 2.05) is 0 Å². The minimum atomic E-state index is -1.28. The quantitative estimate of drug-likeness (QED) is 0.738. The predicted molar refractivity (Wildman–Crippen MR) is 68.7 cm³/mol. The second-order valence-corrected chi connectivity index (χ2v) is 4.64. The maximum absolute atomic E-state index is 13.1. The van der Waals surface area contributed by atoms with Crippen LogP contribution in [0.25, 0.3) is 0 Å². The Morgan fingerprint density at radius 2 is 2.00 bits per heavy atom. The highest BCUT2D eigenvalue weighted by Crippen LogP contribution is 2.11. The third kappa shape index (κ3) is 5.81. The van der Waals surface area contributed by atoms with Crippen molar-refractivity contribution < 1.29 is 23.8 Å². The van der Waals surface area contributed by atoms with E-state index in [1.165, 1.54) is 12.1 Å². The Morgan fingerprint density at radius 3 is 2.63 bits per heavy atom. The molecule has 0 fully saturated rings. The maximum atomic E-state index is 13.1. The van der Waals surface area contributed by atoms with Gasteiger partial charge in [0.2, 0.25) is 0 Å². The summed E-state index contributed by atoms with van der Waals surface area (Å²) in [4.78, 5) is 10.8. The van der Waals surface area contributed by atoms with Crippen LogP contribution in [0.15, 0.2) is 18.2 Å². The maximum Gasteiger partial charge on any atom is 0.338 e. The standard InChI is InChI=1S/C14H19FO4/c1-10(2)8-18-5-6-19-9-11-3-4-13(15)12(7-11)14(16)17/h3-4,7,10H,5-6,8-9H2,1-2H3,(H,16,17). The van der Waals surface area contributed by atoms with Crippen LogP contribution in [0.5, 0.6) is 0 Å². The molecule has 0 unspecified atom stereocenters. The third-order valence-electron chi connectivity index (χ3n) is 2.35. The van der Waals surface area contributed by atoms with Crippen LogP contribution in [0.1, 0.15) is 29.8 Å². The third-order valence-corrected chi connectivity index (χ3v) is 2.35. The molecule has 0 spiro atoms. The Hall–Kier alpha value is -1.46. The van der Waals surface area contributed by atoms with E-state index in [0.717, 1.165) is 6.07 Å². The lowest BCUT2D eigenvalue weighted by atomic mass is 10.1. The molecule has 0 atom stereocenters. The number of carboxylic acids is 1. The van der Waals surface area contributed by atoms with Gasteiger partial charge in [-0.25, -0.2) is 9.18 Å². The molecule has 0 bridgehead atoms. The summed E-state index contributed by atoms with van der Waals surface area (Å²) in [5.41, 5.74) is 0.291. The number of carbonyl (C=O) groups is 1. The fraction of sp³-hybridized carbons (Fsp3) is 0.500. The summed E-state index contributed by atoms with van der Waals surface area (Å²) in [5, 5.41) is 8.78. The second-order valence-electron chi connectivity index (χ2n) is 4.64. The largest absolute Gasteiger partial charge is 0.478 e. The first kappa shape index (κ1) is 15.6. The van der Waals surface area contributed by atoms with Gasteiger partial charge in [-0.05, 0) is 23.6 Å².